The van der Waals surface area contributed by atoms with Gasteiger partial charge in [0.2, 0.25) is 41.4 Å². The number of phenols is 2. The van der Waals surface area contributed by atoms with Crippen LogP contribution in [0.25, 0.3) is 0 Å². The summed E-state index contributed by atoms with van der Waals surface area (Å²) in [7, 11) is 0. The van der Waals surface area contributed by atoms with Crippen molar-refractivity contribution in [2.24, 2.45) is 11.5 Å². The van der Waals surface area contributed by atoms with Gasteiger partial charge in [-0.3, -0.25) is 33.6 Å². The first-order valence-electron chi connectivity index (χ1n) is 23.2. The highest BCUT2D eigenvalue weighted by Gasteiger charge is 2.46. The Bertz CT molecular complexity index is 2330. The van der Waals surface area contributed by atoms with E-state index in [4.69, 9.17) is 20.9 Å². The lowest BCUT2D eigenvalue weighted by Crippen LogP contribution is -2.64. The number of hydrogen-bond acceptors (Lipinski definition) is 17. The van der Waals surface area contributed by atoms with Crippen LogP contribution < -0.4 is 38.1 Å². The Morgan fingerprint density at radius 1 is 0.681 bits per heavy atom. The van der Waals surface area contributed by atoms with Crippen LogP contribution in [0.4, 0.5) is 0 Å². The number of likely N-dealkylation sites (tertiary alicyclic amines) is 1. The normalized spacial score (nSPS) is 22.7. The van der Waals surface area contributed by atoms with E-state index in [1.165, 1.54) is 55.1 Å². The third kappa shape index (κ3) is 15.1. The molecule has 5 rings (SSSR count). The molecule has 24 heteroatoms. The number of hydrogen-bond donors (Lipinski definition) is 14. The number of benzene rings is 3. The number of phenolic OH excluding ortho intramolecular Hbond substituents is 2. The van der Waals surface area contributed by atoms with Gasteiger partial charge in [-0.1, -0.05) is 54.6 Å². The van der Waals surface area contributed by atoms with Gasteiger partial charge in [0.1, 0.15) is 72.2 Å². The molecular weight excluding hydrogens is 945 g/mol. The molecule has 0 radical (unpaired) electrons. The number of carbonyl (C=O) groups excluding carboxylic acids is 7. The van der Waals surface area contributed by atoms with Crippen molar-refractivity contribution in [3.63, 3.8) is 0 Å². The maximum absolute atomic E-state index is 14.8. The lowest BCUT2D eigenvalue weighted by molar-refractivity contribution is -0.311. The van der Waals surface area contributed by atoms with Gasteiger partial charge in [-0.2, -0.15) is 0 Å². The minimum atomic E-state index is -1.96. The van der Waals surface area contributed by atoms with Crippen LogP contribution >= 0.6 is 0 Å². The van der Waals surface area contributed by atoms with Crippen molar-refractivity contribution >= 4 is 41.4 Å². The highest BCUT2D eigenvalue weighted by atomic mass is 16.7. The molecule has 2 aliphatic rings. The zero-order chi connectivity index (χ0) is 52.8. The van der Waals surface area contributed by atoms with Gasteiger partial charge in [-0.15, -0.1) is 0 Å². The number of carbonyl (C=O) groups is 7. The zero-order valence-electron chi connectivity index (χ0n) is 39.6. The molecule has 3 aromatic carbocycles. The molecule has 2 aliphatic heterocycles. The molecule has 2 fully saturated rings. The van der Waals surface area contributed by atoms with Crippen molar-refractivity contribution in [1.29, 1.82) is 0 Å². The third-order valence-corrected chi connectivity index (χ3v) is 12.3. The summed E-state index contributed by atoms with van der Waals surface area (Å²) >= 11 is 0. The van der Waals surface area contributed by atoms with Crippen LogP contribution in [-0.4, -0.2) is 181 Å². The third-order valence-electron chi connectivity index (χ3n) is 12.3. The number of primary amides is 1. The van der Waals surface area contributed by atoms with Gasteiger partial charge in [0.05, 0.1) is 25.4 Å². The van der Waals surface area contributed by atoms with Gasteiger partial charge in [0, 0.05) is 19.4 Å². The number of aromatic hydroxyl groups is 2. The van der Waals surface area contributed by atoms with Gasteiger partial charge < -0.3 is 88.2 Å². The number of nitrogens with zero attached hydrogens (tertiary/aromatic N) is 1. The average Bonchev–Trinajstić information content (AvgIpc) is 3.86. The summed E-state index contributed by atoms with van der Waals surface area (Å²) < 4.78 is 11.5. The van der Waals surface area contributed by atoms with E-state index < -0.39 is 134 Å². The second-order valence-electron chi connectivity index (χ2n) is 17.8. The van der Waals surface area contributed by atoms with Crippen molar-refractivity contribution in [3.05, 3.63) is 95.6 Å². The summed E-state index contributed by atoms with van der Waals surface area (Å²) in [6, 6.07) is 10.1. The summed E-state index contributed by atoms with van der Waals surface area (Å²) in [5.74, 6) is -6.37. The highest BCUT2D eigenvalue weighted by Crippen LogP contribution is 2.25. The lowest BCUT2D eigenvalue weighted by atomic mass is 9.99. The Labute approximate surface area is 414 Å². The molecule has 0 spiro atoms. The van der Waals surface area contributed by atoms with Crippen molar-refractivity contribution in [3.8, 4) is 11.5 Å². The minimum absolute atomic E-state index is 0.0140. The van der Waals surface area contributed by atoms with Crippen LogP contribution in [-0.2, 0) is 62.3 Å². The molecule has 16 N–H and O–H groups in total. The largest absolute Gasteiger partial charge is 0.508 e. The van der Waals surface area contributed by atoms with E-state index in [1.54, 1.807) is 42.5 Å². The van der Waals surface area contributed by atoms with Gasteiger partial charge in [-0.05, 0) is 74.1 Å². The Hall–Kier alpha value is -6.77. The molecule has 0 bridgehead atoms. The summed E-state index contributed by atoms with van der Waals surface area (Å²) in [5, 5.41) is 83.6. The first kappa shape index (κ1) is 56.1. The summed E-state index contributed by atoms with van der Waals surface area (Å²) in [6.45, 7) is 0.988. The van der Waals surface area contributed by atoms with Gasteiger partial charge >= 0.3 is 0 Å². The molecular formula is C48H64N8O16. The van der Waals surface area contributed by atoms with Crippen molar-refractivity contribution in [2.75, 3.05) is 19.8 Å². The number of aliphatic hydroxyl groups is 5. The summed E-state index contributed by atoms with van der Waals surface area (Å²) in [5.41, 5.74) is 13.0. The van der Waals surface area contributed by atoms with Gasteiger partial charge in [-0.25, -0.2) is 0 Å². The van der Waals surface area contributed by atoms with E-state index >= 15 is 0 Å². The molecule has 2 heterocycles. The lowest BCUT2D eigenvalue weighted by Gasteiger charge is -2.41. The van der Waals surface area contributed by atoms with Crippen molar-refractivity contribution in [1.82, 2.24) is 31.5 Å². The van der Waals surface area contributed by atoms with Crippen LogP contribution in [0.2, 0.25) is 0 Å². The number of nitrogens with two attached hydrogens (primary N) is 2. The Balaban J connectivity index is 1.45. The van der Waals surface area contributed by atoms with Crippen molar-refractivity contribution in [2.45, 2.75) is 125 Å². The smallest absolute Gasteiger partial charge is 0.246 e. The summed E-state index contributed by atoms with van der Waals surface area (Å²) in [6.07, 6.45) is -10.4. The van der Waals surface area contributed by atoms with Crippen LogP contribution in [0.1, 0.15) is 43.4 Å². The molecule has 0 aliphatic carbocycles. The topological polar surface area (TPSA) is 395 Å². The predicted molar refractivity (Wildman–Crippen MR) is 252 cm³/mol. The fraction of sp³-hybridized carbons (Fsp3) is 0.479. The zero-order valence-corrected chi connectivity index (χ0v) is 39.6. The van der Waals surface area contributed by atoms with E-state index in [-0.39, 0.29) is 43.7 Å². The van der Waals surface area contributed by atoms with Crippen LogP contribution in [0.5, 0.6) is 11.5 Å². The Morgan fingerprint density at radius 2 is 1.25 bits per heavy atom. The molecule has 72 heavy (non-hydrogen) atoms. The monoisotopic (exact) mass is 1010 g/mol. The number of aliphatic hydroxyl groups excluding tert-OH is 5. The van der Waals surface area contributed by atoms with E-state index in [9.17, 15) is 69.3 Å². The molecule has 7 amide bonds. The molecule has 3 aromatic rings. The predicted octanol–water partition coefficient (Wildman–Crippen LogP) is -4.43. The van der Waals surface area contributed by atoms with E-state index in [0.29, 0.717) is 23.1 Å². The first-order valence-corrected chi connectivity index (χ1v) is 23.2. The second-order valence-corrected chi connectivity index (χ2v) is 17.8. The van der Waals surface area contributed by atoms with Crippen LogP contribution in [0.3, 0.4) is 0 Å². The molecule has 0 aromatic heterocycles. The summed E-state index contributed by atoms with van der Waals surface area (Å²) in [4.78, 5) is 97.3. The van der Waals surface area contributed by atoms with Crippen molar-refractivity contribution < 1.29 is 78.8 Å². The van der Waals surface area contributed by atoms with E-state index in [1.807, 2.05) is 0 Å². The standard InChI is InChI=1S/C48H64N8O16/c1-24(51-43(66)31(49)19-27-10-14-29(59)15-11-27)42(65)52-32(20-26-7-4-3-5-8-26)44(67)55-37(25(2)71-48-40(63)39(62)38(61)36(23-58)72-48)46(69)53-33(21-28-12-16-30(60)17-13-28)47(70)56-18-6-9-35(56)45(68)54-34(22-57)41(50)64/h3-5,7-8,10-17,24-25,31-40,48,57-63H,6,9,18-23,49H2,1-2H3,(H2,50,64)(H,51,66)(H,52,65)(H,53,69)(H,54,68)(H,55,67)/t24-,25-,31+,32+,33+,34+,35+,36-,37+,38-,39+,40-,48+/m1/s1. The van der Waals surface area contributed by atoms with Crippen LogP contribution in [0.15, 0.2) is 78.9 Å². The fourth-order valence-corrected chi connectivity index (χ4v) is 8.15. The molecule has 13 atom stereocenters. The van der Waals surface area contributed by atoms with E-state index in [2.05, 4.69) is 26.6 Å². The van der Waals surface area contributed by atoms with Gasteiger partial charge in [0.15, 0.2) is 6.29 Å². The second kappa shape index (κ2) is 26.1. The minimum Gasteiger partial charge on any atom is -0.508 e. The highest BCUT2D eigenvalue weighted by molar-refractivity contribution is 5.97. The fourth-order valence-electron chi connectivity index (χ4n) is 8.15. The number of amides is 7. The number of ether oxygens (including phenoxy) is 2. The quantitative estimate of drug-likeness (QED) is 0.0426. The van der Waals surface area contributed by atoms with E-state index in [0.717, 1.165) is 0 Å². The SMILES string of the molecule is C[C@@H](NC(=O)[C@@H](N)Cc1ccc(O)cc1)C(=O)N[C@@H](Cc1ccccc1)C(=O)N[C@H](C(=O)N[C@@H](Cc1ccc(O)cc1)C(=O)N1CCC[C@H]1C(=O)N[C@@H](CO)C(N)=O)[C@@H](C)O[C@H]1O[C@H](CO)[C@@H](O)[C@H](O)[C@H]1O. The average molecular weight is 1010 g/mol. The molecule has 392 valence electrons. The first-order chi connectivity index (χ1) is 34.2. The van der Waals surface area contributed by atoms with Gasteiger partial charge in [0.25, 0.3) is 0 Å². The molecule has 2 saturated heterocycles. The Morgan fingerprint density at radius 3 is 1.83 bits per heavy atom. The maximum atomic E-state index is 14.8. The number of nitrogens with one attached hydrogen (secondary N) is 5. The number of rotatable bonds is 23. The van der Waals surface area contributed by atoms with Crippen LogP contribution in [0, 0.1) is 0 Å². The molecule has 0 unspecified atom stereocenters. The maximum Gasteiger partial charge on any atom is 0.246 e. The molecule has 24 nitrogen and oxygen atoms in total. The molecule has 0 saturated carbocycles. The Kier molecular flexibility index (Phi) is 20.3.